The lowest BCUT2D eigenvalue weighted by Gasteiger charge is -2.33. The zero-order chi connectivity index (χ0) is 13.8. The number of nitrogen functional groups attached to an aromatic ring is 1. The van der Waals surface area contributed by atoms with Crippen LogP contribution in [0.15, 0.2) is 18.2 Å². The second kappa shape index (κ2) is 5.59. The number of hydrogen-bond acceptors (Lipinski definition) is 6. The third-order valence-corrected chi connectivity index (χ3v) is 3.00. The van der Waals surface area contributed by atoms with Crippen molar-refractivity contribution in [2.45, 2.75) is 6.10 Å². The van der Waals surface area contributed by atoms with E-state index in [0.29, 0.717) is 36.6 Å². The van der Waals surface area contributed by atoms with E-state index in [-0.39, 0.29) is 0 Å². The molecule has 1 aliphatic rings. The molecule has 1 heterocycles. The number of carbonyl (C=O) groups is 1. The summed E-state index contributed by atoms with van der Waals surface area (Å²) in [6.07, 6.45) is -0.515. The summed E-state index contributed by atoms with van der Waals surface area (Å²) >= 11 is 0. The number of nitriles is 1. The van der Waals surface area contributed by atoms with Crippen molar-refractivity contribution in [3.8, 4) is 6.07 Å². The lowest BCUT2D eigenvalue weighted by molar-refractivity contribution is 0.0597. The summed E-state index contributed by atoms with van der Waals surface area (Å²) in [7, 11) is 1.33. The van der Waals surface area contributed by atoms with Crippen LogP contribution in [0.2, 0.25) is 0 Å². The van der Waals surface area contributed by atoms with Crippen LogP contribution >= 0.6 is 0 Å². The minimum absolute atomic E-state index is 0.384. The summed E-state index contributed by atoms with van der Waals surface area (Å²) in [5.74, 6) is -0.442. The van der Waals surface area contributed by atoms with E-state index in [0.717, 1.165) is 0 Å². The van der Waals surface area contributed by atoms with E-state index in [9.17, 15) is 4.79 Å². The first-order valence-electron chi connectivity index (χ1n) is 5.90. The quantitative estimate of drug-likeness (QED) is 0.625. The van der Waals surface area contributed by atoms with Crippen molar-refractivity contribution in [1.82, 2.24) is 0 Å². The summed E-state index contributed by atoms with van der Waals surface area (Å²) in [5.41, 5.74) is 7.46. The van der Waals surface area contributed by atoms with Crippen LogP contribution in [0.4, 0.5) is 11.4 Å². The average molecular weight is 261 g/mol. The Kier molecular flexibility index (Phi) is 3.88. The van der Waals surface area contributed by atoms with Gasteiger partial charge >= 0.3 is 5.97 Å². The topological polar surface area (TPSA) is 88.6 Å². The number of esters is 1. The van der Waals surface area contributed by atoms with Gasteiger partial charge in [-0.05, 0) is 12.1 Å². The molecule has 2 N–H and O–H groups in total. The average Bonchev–Trinajstić information content (AvgIpc) is 2.46. The summed E-state index contributed by atoms with van der Waals surface area (Å²) in [4.78, 5) is 13.7. The molecule has 1 aliphatic heterocycles. The van der Waals surface area contributed by atoms with Gasteiger partial charge in [0.05, 0.1) is 43.3 Å². The molecular weight excluding hydrogens is 246 g/mol. The highest BCUT2D eigenvalue weighted by Gasteiger charge is 2.25. The Balaban J connectivity index is 2.38. The second-order valence-electron chi connectivity index (χ2n) is 4.17. The number of morpholine rings is 1. The third-order valence-electron chi connectivity index (χ3n) is 3.00. The van der Waals surface area contributed by atoms with Gasteiger partial charge in [0.2, 0.25) is 0 Å². The molecule has 19 heavy (non-hydrogen) atoms. The number of anilines is 2. The molecule has 0 bridgehead atoms. The maximum absolute atomic E-state index is 11.8. The first-order chi connectivity index (χ1) is 9.17. The van der Waals surface area contributed by atoms with Gasteiger partial charge in [-0.2, -0.15) is 5.26 Å². The van der Waals surface area contributed by atoms with Crippen molar-refractivity contribution >= 4 is 17.3 Å². The van der Waals surface area contributed by atoms with Crippen LogP contribution < -0.4 is 10.6 Å². The van der Waals surface area contributed by atoms with Gasteiger partial charge in [0.25, 0.3) is 0 Å². The second-order valence-corrected chi connectivity index (χ2v) is 4.17. The van der Waals surface area contributed by atoms with Crippen molar-refractivity contribution in [3.05, 3.63) is 23.8 Å². The summed E-state index contributed by atoms with van der Waals surface area (Å²) in [6, 6.07) is 7.15. The third kappa shape index (κ3) is 2.61. The minimum Gasteiger partial charge on any atom is -0.465 e. The Morgan fingerprint density at radius 1 is 1.63 bits per heavy atom. The molecule has 0 radical (unpaired) electrons. The molecular formula is C13H15N3O3. The van der Waals surface area contributed by atoms with E-state index in [2.05, 4.69) is 6.07 Å². The Morgan fingerprint density at radius 3 is 3.11 bits per heavy atom. The number of hydrogen-bond donors (Lipinski definition) is 1. The van der Waals surface area contributed by atoms with E-state index in [4.69, 9.17) is 20.5 Å². The summed E-state index contributed by atoms with van der Waals surface area (Å²) in [5, 5.41) is 8.93. The molecule has 1 atom stereocenters. The van der Waals surface area contributed by atoms with Crippen molar-refractivity contribution in [2.24, 2.45) is 0 Å². The fourth-order valence-electron chi connectivity index (χ4n) is 2.12. The maximum Gasteiger partial charge on any atom is 0.340 e. The molecule has 1 fully saturated rings. The van der Waals surface area contributed by atoms with Crippen LogP contribution in [-0.2, 0) is 9.47 Å². The van der Waals surface area contributed by atoms with Crippen LogP contribution in [-0.4, -0.2) is 38.9 Å². The predicted molar refractivity (Wildman–Crippen MR) is 69.8 cm³/mol. The number of benzene rings is 1. The van der Waals surface area contributed by atoms with E-state index < -0.39 is 12.1 Å². The Bertz CT molecular complexity index is 524. The van der Waals surface area contributed by atoms with Gasteiger partial charge < -0.3 is 20.1 Å². The summed E-state index contributed by atoms with van der Waals surface area (Å²) < 4.78 is 10.0. The molecule has 2 rings (SSSR count). The molecule has 0 aromatic heterocycles. The number of rotatable bonds is 2. The first-order valence-corrected chi connectivity index (χ1v) is 5.90. The highest BCUT2D eigenvalue weighted by atomic mass is 16.5. The van der Waals surface area contributed by atoms with Gasteiger partial charge in [0.15, 0.2) is 6.10 Å². The SMILES string of the molecule is COC(=O)c1cccc(N)c1N1CCOC(C#N)C1. The zero-order valence-corrected chi connectivity index (χ0v) is 10.6. The number of nitrogens with zero attached hydrogens (tertiary/aromatic N) is 2. The molecule has 100 valence electrons. The monoisotopic (exact) mass is 261 g/mol. The fourth-order valence-corrected chi connectivity index (χ4v) is 2.12. The molecule has 6 heteroatoms. The molecule has 1 unspecified atom stereocenters. The van der Waals surface area contributed by atoms with E-state index in [1.54, 1.807) is 18.2 Å². The van der Waals surface area contributed by atoms with E-state index in [1.165, 1.54) is 7.11 Å². The standard InChI is InChI=1S/C13H15N3O3/c1-18-13(17)10-3-2-4-11(15)12(10)16-5-6-19-9(7-14)8-16/h2-4,9H,5-6,8,15H2,1H3. The number of methoxy groups -OCH3 is 1. The van der Waals surface area contributed by atoms with Crippen molar-refractivity contribution in [3.63, 3.8) is 0 Å². The van der Waals surface area contributed by atoms with Crippen LogP contribution in [0.25, 0.3) is 0 Å². The van der Waals surface area contributed by atoms with Gasteiger partial charge in [-0.1, -0.05) is 6.07 Å². The molecule has 1 aromatic carbocycles. The molecule has 0 amide bonds. The first kappa shape index (κ1) is 13.2. The lowest BCUT2D eigenvalue weighted by Crippen LogP contribution is -2.42. The van der Waals surface area contributed by atoms with Gasteiger partial charge in [-0.25, -0.2) is 4.79 Å². The maximum atomic E-state index is 11.8. The van der Waals surface area contributed by atoms with Crippen molar-refractivity contribution in [1.29, 1.82) is 5.26 Å². The van der Waals surface area contributed by atoms with Gasteiger partial charge in [-0.15, -0.1) is 0 Å². The summed E-state index contributed by atoms with van der Waals surface area (Å²) in [6.45, 7) is 1.39. The number of nitrogens with two attached hydrogens (primary N) is 1. The highest BCUT2D eigenvalue weighted by Crippen LogP contribution is 2.29. The predicted octanol–water partition coefficient (Wildman–Crippen LogP) is 0.784. The smallest absolute Gasteiger partial charge is 0.340 e. The Morgan fingerprint density at radius 2 is 2.42 bits per heavy atom. The van der Waals surface area contributed by atoms with Crippen LogP contribution in [0.1, 0.15) is 10.4 Å². The van der Waals surface area contributed by atoms with Crippen LogP contribution in [0, 0.1) is 11.3 Å². The van der Waals surface area contributed by atoms with E-state index >= 15 is 0 Å². The highest BCUT2D eigenvalue weighted by molar-refractivity contribution is 5.99. The van der Waals surface area contributed by atoms with Crippen molar-refractivity contribution < 1.29 is 14.3 Å². The van der Waals surface area contributed by atoms with E-state index in [1.807, 2.05) is 4.90 Å². The largest absolute Gasteiger partial charge is 0.465 e. The Hall–Kier alpha value is -2.26. The normalized spacial score (nSPS) is 18.7. The number of carbonyl (C=O) groups excluding carboxylic acids is 1. The van der Waals surface area contributed by atoms with Gasteiger partial charge in [0, 0.05) is 6.54 Å². The molecule has 0 spiro atoms. The number of para-hydroxylation sites is 1. The lowest BCUT2D eigenvalue weighted by atomic mass is 10.1. The zero-order valence-electron chi connectivity index (χ0n) is 10.6. The van der Waals surface area contributed by atoms with Gasteiger partial charge in [0.1, 0.15) is 0 Å². The molecule has 0 saturated carbocycles. The molecule has 6 nitrogen and oxygen atoms in total. The molecule has 0 aliphatic carbocycles. The van der Waals surface area contributed by atoms with Crippen LogP contribution in [0.3, 0.4) is 0 Å². The number of ether oxygens (including phenoxy) is 2. The van der Waals surface area contributed by atoms with Gasteiger partial charge in [-0.3, -0.25) is 0 Å². The molecule has 1 saturated heterocycles. The van der Waals surface area contributed by atoms with Crippen molar-refractivity contribution in [2.75, 3.05) is 37.4 Å². The molecule has 1 aromatic rings. The minimum atomic E-state index is -0.515. The fraction of sp³-hybridized carbons (Fsp3) is 0.385. The Labute approximate surface area is 111 Å². The van der Waals surface area contributed by atoms with Crippen LogP contribution in [0.5, 0.6) is 0 Å².